The molecule has 0 aliphatic carbocycles. The minimum absolute atomic E-state index is 0.161. The van der Waals surface area contributed by atoms with Crippen LogP contribution in [0.3, 0.4) is 0 Å². The molecular formula is C42H35F33N2O16. The van der Waals surface area contributed by atoms with Gasteiger partial charge in [-0.2, -0.15) is 145 Å². The average Bonchev–Trinajstić information content (AvgIpc) is 0.752. The minimum Gasteiger partial charge on any atom is -0.460 e. The molecule has 0 aromatic carbocycles. The number of amides is 2. The lowest BCUT2D eigenvalue weighted by atomic mass is 10.1. The summed E-state index contributed by atoms with van der Waals surface area (Å²) in [4.78, 5) is 73.1. The highest BCUT2D eigenvalue weighted by molar-refractivity contribution is 5.82. The first kappa shape index (κ1) is 85.9. The fourth-order valence-electron chi connectivity index (χ4n) is 5.33. The van der Waals surface area contributed by atoms with Crippen molar-refractivity contribution < 1.29 is 221 Å². The Morgan fingerprint density at radius 3 is 0.785 bits per heavy atom. The topological polar surface area (TPSA) is 219 Å². The van der Waals surface area contributed by atoms with Crippen LogP contribution in [0.15, 0.2) is 50.6 Å². The molecular weight excluding hydrogens is 1420 g/mol. The van der Waals surface area contributed by atoms with Crippen molar-refractivity contribution in [2.75, 3.05) is 33.0 Å². The van der Waals surface area contributed by atoms with Gasteiger partial charge in [-0.05, 0) is 13.8 Å². The molecule has 3 unspecified atom stereocenters. The van der Waals surface area contributed by atoms with Gasteiger partial charge in [0.2, 0.25) is 6.10 Å². The molecule has 0 rings (SSSR count). The molecule has 0 heterocycles. The summed E-state index contributed by atoms with van der Waals surface area (Å²) in [5.74, 6) is -58.2. The Morgan fingerprint density at radius 2 is 0.559 bits per heavy atom. The second kappa shape index (κ2) is 28.9. The monoisotopic (exact) mass is 1450 g/mol. The van der Waals surface area contributed by atoms with Gasteiger partial charge in [0, 0.05) is 30.7 Å². The normalized spacial score (nSPS) is 15.3. The van der Waals surface area contributed by atoms with E-state index in [-0.39, 0.29) is 31.2 Å². The Hall–Kier alpha value is -7.09. The molecule has 0 bridgehead atoms. The lowest BCUT2D eigenvalue weighted by molar-refractivity contribution is -0.498. The van der Waals surface area contributed by atoms with Crippen LogP contribution in [0.1, 0.15) is 20.3 Å². The first-order chi connectivity index (χ1) is 41.0. The summed E-state index contributed by atoms with van der Waals surface area (Å²) in [6, 6.07) is 0. The van der Waals surface area contributed by atoms with Crippen molar-refractivity contribution >= 4 is 36.1 Å². The molecule has 0 saturated carbocycles. The Kier molecular flexibility index (Phi) is 26.7. The number of carbonyl (C=O) groups is 6. The predicted octanol–water partition coefficient (Wildman–Crippen LogP) is 11.5. The van der Waals surface area contributed by atoms with Crippen molar-refractivity contribution in [3.63, 3.8) is 0 Å². The van der Waals surface area contributed by atoms with Crippen molar-refractivity contribution in [3.05, 3.63) is 50.6 Å². The molecule has 0 radical (unpaired) electrons. The van der Waals surface area contributed by atoms with Crippen molar-refractivity contribution in [2.24, 2.45) is 0 Å². The fourth-order valence-corrected chi connectivity index (χ4v) is 5.33. The zero-order chi connectivity index (χ0) is 74.3. The number of rotatable bonds is 36. The van der Waals surface area contributed by atoms with Crippen molar-refractivity contribution in [1.82, 2.24) is 10.6 Å². The maximum atomic E-state index is 16.1. The SMILES string of the molecule is C=CC(=O)OCC(C)(COC(=O)C=C)NC(=O)OC(COC(CC(OC(=O)NC(C)(COC(=O)C=C)COC(=O)C=C)C(F)(F)OC(F)(F)C(F)(F)C(F)(F)C(F)(F)F)C(F)(F)OC(F)(F)C(F)(F)C(F)(F)C(F)(F)F)C(F)(F)OC(F)(F)C(F)(F)C(F)(F)C(F)(F)F. The Labute approximate surface area is 492 Å². The van der Waals surface area contributed by atoms with E-state index in [0.717, 1.165) is 10.6 Å². The van der Waals surface area contributed by atoms with E-state index in [4.69, 9.17) is 0 Å². The van der Waals surface area contributed by atoms with Gasteiger partial charge in [-0.15, -0.1) is 0 Å². The van der Waals surface area contributed by atoms with E-state index in [1.165, 1.54) is 0 Å². The maximum absolute atomic E-state index is 16.1. The molecule has 0 fully saturated rings. The molecule has 51 heteroatoms. The molecule has 540 valence electrons. The standard InChI is InChI=1S/C42H35F33N2O16/c1-7-20(78)85-13-26(5,14-86-21(79)8-2)76-24(82)89-18(29(45,46)92-41(72,73)35(57,58)32(51,52)38(64,65)66)11-17(28(43,44)91-40(70,71)34(55,56)31(49,50)37(61,62)63)84-12-19(30(47,48)93-42(74,75)36(59,60)33(53,54)39(67,68)69)90-25(83)77-27(6,15-87-22(80)9-3)16-88-23(81)10-4/h7-10,17-19H,1-4,11-16H2,5-6H3,(H,76,82)(H,77,83). The Morgan fingerprint density at radius 1 is 0.344 bits per heavy atom. The van der Waals surface area contributed by atoms with Gasteiger partial charge in [0.15, 0.2) is 12.2 Å². The quantitative estimate of drug-likeness (QED) is 0.0258. The van der Waals surface area contributed by atoms with Gasteiger partial charge in [0.25, 0.3) is 0 Å². The number of carbonyl (C=O) groups excluding carboxylic acids is 6. The van der Waals surface area contributed by atoms with Gasteiger partial charge in [-0.25, -0.2) is 43.0 Å². The average molecular weight is 1450 g/mol. The van der Waals surface area contributed by atoms with E-state index in [1.54, 1.807) is 0 Å². The number of hydrogen-bond acceptors (Lipinski definition) is 16. The number of esters is 4. The zero-order valence-corrected chi connectivity index (χ0v) is 44.6. The predicted molar refractivity (Wildman–Crippen MR) is 223 cm³/mol. The number of nitrogens with one attached hydrogen (secondary N) is 2. The first-order valence-corrected chi connectivity index (χ1v) is 22.6. The van der Waals surface area contributed by atoms with Crippen LogP contribution >= 0.6 is 0 Å². The second-order valence-corrected chi connectivity index (χ2v) is 17.9. The summed E-state index contributed by atoms with van der Waals surface area (Å²) >= 11 is 0. The first-order valence-electron chi connectivity index (χ1n) is 22.6. The molecule has 2 N–H and O–H groups in total. The molecule has 0 aromatic rings. The van der Waals surface area contributed by atoms with Gasteiger partial charge in [-0.1, -0.05) is 26.3 Å². The molecule has 0 aliphatic heterocycles. The summed E-state index contributed by atoms with van der Waals surface area (Å²) in [6.07, 6.45) is -100. The molecule has 0 aliphatic rings. The molecule has 0 aromatic heterocycles. The number of alkyl carbamates (subject to hydrolysis) is 2. The maximum Gasteiger partial charge on any atom is 0.460 e. The third kappa shape index (κ3) is 20.5. The highest BCUT2D eigenvalue weighted by Crippen LogP contribution is 2.58. The van der Waals surface area contributed by atoms with Crippen LogP contribution in [0.2, 0.25) is 0 Å². The van der Waals surface area contributed by atoms with Crippen LogP contribution in [-0.4, -0.2) is 189 Å². The van der Waals surface area contributed by atoms with Gasteiger partial charge >= 0.3 is 127 Å². The summed E-state index contributed by atoms with van der Waals surface area (Å²) in [6.45, 7) is 0.822. The van der Waals surface area contributed by atoms with E-state index in [0.29, 0.717) is 6.92 Å². The van der Waals surface area contributed by atoms with Gasteiger partial charge in [-0.3, -0.25) is 0 Å². The second-order valence-electron chi connectivity index (χ2n) is 17.9. The Bertz CT molecular complexity index is 2630. The van der Waals surface area contributed by atoms with E-state index in [9.17, 15) is 147 Å². The zero-order valence-electron chi connectivity index (χ0n) is 44.6. The van der Waals surface area contributed by atoms with E-state index < -0.39 is 196 Å². The van der Waals surface area contributed by atoms with E-state index in [2.05, 4.69) is 59.5 Å². The van der Waals surface area contributed by atoms with Crippen LogP contribution in [0.4, 0.5) is 154 Å². The van der Waals surface area contributed by atoms with Gasteiger partial charge in [0.1, 0.15) is 37.5 Å². The third-order valence-corrected chi connectivity index (χ3v) is 10.2. The summed E-state index contributed by atoms with van der Waals surface area (Å²) < 4.78 is 503. The van der Waals surface area contributed by atoms with Crippen LogP contribution < -0.4 is 10.6 Å². The minimum atomic E-state index is -8.74. The van der Waals surface area contributed by atoms with Crippen LogP contribution in [0.25, 0.3) is 0 Å². The largest absolute Gasteiger partial charge is 0.460 e. The number of halogens is 33. The number of ether oxygens (including phenoxy) is 10. The molecule has 2 amide bonds. The van der Waals surface area contributed by atoms with Crippen molar-refractivity contribution in [1.29, 1.82) is 0 Å². The molecule has 0 spiro atoms. The molecule has 3 atom stereocenters. The van der Waals surface area contributed by atoms with Crippen molar-refractivity contribution in [2.45, 2.75) is 140 Å². The molecule has 93 heavy (non-hydrogen) atoms. The fraction of sp³-hybridized carbons (Fsp3) is 0.667. The van der Waals surface area contributed by atoms with Crippen LogP contribution in [0, 0.1) is 0 Å². The number of hydrogen-bond donors (Lipinski definition) is 2. The van der Waals surface area contributed by atoms with E-state index in [1.807, 2.05) is 14.2 Å². The highest BCUT2D eigenvalue weighted by atomic mass is 19.5. The summed E-state index contributed by atoms with van der Waals surface area (Å²) in [5, 5.41) is 1.96. The molecule has 0 saturated heterocycles. The summed E-state index contributed by atoms with van der Waals surface area (Å²) in [5.41, 5.74) is -6.12. The number of alkyl halides is 33. The van der Waals surface area contributed by atoms with Crippen molar-refractivity contribution in [3.8, 4) is 0 Å². The highest BCUT2D eigenvalue weighted by Gasteiger charge is 2.87. The Balaban J connectivity index is 9.29. The lowest BCUT2D eigenvalue weighted by Gasteiger charge is -2.39. The van der Waals surface area contributed by atoms with E-state index >= 15 is 26.3 Å². The molecule has 18 nitrogen and oxygen atoms in total. The smallest absolute Gasteiger partial charge is 0.460 e. The van der Waals surface area contributed by atoms with Crippen LogP contribution in [0.5, 0.6) is 0 Å². The van der Waals surface area contributed by atoms with Crippen LogP contribution in [-0.2, 0) is 66.5 Å². The van der Waals surface area contributed by atoms with Gasteiger partial charge in [0.05, 0.1) is 6.61 Å². The summed E-state index contributed by atoms with van der Waals surface area (Å²) in [7, 11) is 0. The lowest BCUT2D eigenvalue weighted by Crippen LogP contribution is -2.65. The third-order valence-electron chi connectivity index (χ3n) is 10.2. The van der Waals surface area contributed by atoms with Gasteiger partial charge < -0.3 is 43.8 Å².